The highest BCUT2D eigenvalue weighted by Gasteiger charge is 2.58. The Kier molecular flexibility index (Phi) is 3.61. The van der Waals surface area contributed by atoms with Crippen LogP contribution >= 0.6 is 0 Å². The highest BCUT2D eigenvalue weighted by molar-refractivity contribution is 5.87. The number of amides is 1. The number of hydrogen-bond acceptors (Lipinski definition) is 2. The van der Waals surface area contributed by atoms with Crippen LogP contribution in [-0.2, 0) is 11.3 Å². The van der Waals surface area contributed by atoms with Crippen molar-refractivity contribution in [1.82, 2.24) is 10.2 Å². The average molecular weight is 308 g/mol. The second kappa shape index (κ2) is 5.64. The Bertz CT molecular complexity index is 728. The summed E-state index contributed by atoms with van der Waals surface area (Å²) in [5.41, 5.74) is 1.55. The number of piperidine rings is 1. The molecule has 3 heteroatoms. The van der Waals surface area contributed by atoms with Crippen molar-refractivity contribution in [2.24, 2.45) is 11.3 Å². The Morgan fingerprint density at radius 3 is 2.74 bits per heavy atom. The van der Waals surface area contributed by atoms with Crippen molar-refractivity contribution in [3.8, 4) is 0 Å². The lowest BCUT2D eigenvalue weighted by molar-refractivity contribution is -0.132. The number of fused-ring (bicyclic) bond motifs is 1. The fraction of sp³-hybridized carbons (Fsp3) is 0.450. The largest absolute Gasteiger partial charge is 0.341 e. The molecular formula is C20H24N2O. The van der Waals surface area contributed by atoms with E-state index in [-0.39, 0.29) is 5.92 Å². The number of nitrogens with one attached hydrogen (secondary N) is 1. The molecule has 1 aliphatic carbocycles. The van der Waals surface area contributed by atoms with Gasteiger partial charge in [-0.05, 0) is 54.1 Å². The van der Waals surface area contributed by atoms with Gasteiger partial charge in [0, 0.05) is 19.5 Å². The molecule has 2 aliphatic rings. The van der Waals surface area contributed by atoms with Gasteiger partial charge in [-0.1, -0.05) is 42.5 Å². The van der Waals surface area contributed by atoms with Gasteiger partial charge >= 0.3 is 0 Å². The van der Waals surface area contributed by atoms with Gasteiger partial charge in [0.1, 0.15) is 0 Å². The Balaban J connectivity index is 1.49. The smallest absolute Gasteiger partial charge is 0.226 e. The molecule has 0 bridgehead atoms. The number of carbonyl (C=O) groups excluding carboxylic acids is 1. The van der Waals surface area contributed by atoms with Crippen LogP contribution in [0.1, 0.15) is 24.8 Å². The number of hydrogen-bond donors (Lipinski definition) is 1. The maximum absolute atomic E-state index is 12.8. The number of benzene rings is 2. The lowest BCUT2D eigenvalue weighted by Crippen LogP contribution is -2.34. The predicted octanol–water partition coefficient (Wildman–Crippen LogP) is 3.19. The molecule has 1 amide bonds. The molecule has 23 heavy (non-hydrogen) atoms. The molecule has 1 saturated heterocycles. The number of rotatable bonds is 3. The summed E-state index contributed by atoms with van der Waals surface area (Å²) in [5, 5.41) is 5.90. The van der Waals surface area contributed by atoms with Crippen LogP contribution in [0.15, 0.2) is 42.5 Å². The zero-order chi connectivity index (χ0) is 15.9. The Labute approximate surface area is 137 Å². The van der Waals surface area contributed by atoms with Crippen molar-refractivity contribution in [2.45, 2.75) is 25.8 Å². The van der Waals surface area contributed by atoms with Crippen LogP contribution in [0.4, 0.5) is 0 Å². The average Bonchev–Trinajstić information content (AvgIpc) is 3.28. The lowest BCUT2D eigenvalue weighted by atomic mass is 9.91. The Hall–Kier alpha value is -1.87. The maximum Gasteiger partial charge on any atom is 0.226 e. The topological polar surface area (TPSA) is 32.3 Å². The van der Waals surface area contributed by atoms with E-state index < -0.39 is 0 Å². The quantitative estimate of drug-likeness (QED) is 0.944. The van der Waals surface area contributed by atoms with Gasteiger partial charge < -0.3 is 10.2 Å². The molecule has 2 fully saturated rings. The normalized spacial score (nSPS) is 22.2. The van der Waals surface area contributed by atoms with Gasteiger partial charge in [0.15, 0.2) is 0 Å². The molecule has 3 nitrogen and oxygen atoms in total. The predicted molar refractivity (Wildman–Crippen MR) is 93.1 cm³/mol. The van der Waals surface area contributed by atoms with Gasteiger partial charge in [-0.15, -0.1) is 0 Å². The minimum absolute atomic E-state index is 0.254. The molecule has 1 spiro atoms. The van der Waals surface area contributed by atoms with Crippen LogP contribution < -0.4 is 5.32 Å². The molecule has 1 heterocycles. The molecule has 1 N–H and O–H groups in total. The van der Waals surface area contributed by atoms with Crippen molar-refractivity contribution in [1.29, 1.82) is 0 Å². The summed E-state index contributed by atoms with van der Waals surface area (Å²) in [6.07, 6.45) is 3.41. The molecule has 1 unspecified atom stereocenters. The molecule has 1 aliphatic heterocycles. The minimum Gasteiger partial charge on any atom is -0.341 e. The van der Waals surface area contributed by atoms with Crippen molar-refractivity contribution < 1.29 is 4.79 Å². The van der Waals surface area contributed by atoms with E-state index in [0.29, 0.717) is 17.9 Å². The van der Waals surface area contributed by atoms with Crippen LogP contribution in [0.3, 0.4) is 0 Å². The monoisotopic (exact) mass is 308 g/mol. The first-order valence-corrected chi connectivity index (χ1v) is 8.62. The summed E-state index contributed by atoms with van der Waals surface area (Å²) in [7, 11) is 1.96. The van der Waals surface area contributed by atoms with E-state index in [0.717, 1.165) is 32.4 Å². The molecular weight excluding hydrogens is 284 g/mol. The summed E-state index contributed by atoms with van der Waals surface area (Å²) in [5.74, 6) is 0.587. The minimum atomic E-state index is 0.254. The Morgan fingerprint density at radius 1 is 1.17 bits per heavy atom. The molecule has 2 aromatic rings. The molecule has 120 valence electrons. The third-order valence-corrected chi connectivity index (χ3v) is 5.75. The summed E-state index contributed by atoms with van der Waals surface area (Å²) in [6, 6.07) is 14.8. The van der Waals surface area contributed by atoms with Crippen LogP contribution in [-0.4, -0.2) is 30.9 Å². The first-order chi connectivity index (χ1) is 11.2. The second-order valence-corrected chi connectivity index (χ2v) is 7.20. The van der Waals surface area contributed by atoms with Gasteiger partial charge in [-0.25, -0.2) is 0 Å². The molecule has 1 atom stereocenters. The first-order valence-electron chi connectivity index (χ1n) is 8.62. The summed E-state index contributed by atoms with van der Waals surface area (Å²) < 4.78 is 0. The van der Waals surface area contributed by atoms with Crippen LogP contribution in [0.2, 0.25) is 0 Å². The van der Waals surface area contributed by atoms with Gasteiger partial charge in [0.25, 0.3) is 0 Å². The molecule has 2 aromatic carbocycles. The molecule has 1 saturated carbocycles. The van der Waals surface area contributed by atoms with E-state index in [9.17, 15) is 4.79 Å². The van der Waals surface area contributed by atoms with E-state index in [2.05, 4.69) is 47.8 Å². The van der Waals surface area contributed by atoms with Crippen molar-refractivity contribution in [3.63, 3.8) is 0 Å². The first kappa shape index (κ1) is 14.7. The SMILES string of the molecule is CN(Cc1cccc2ccccc12)C(=O)C1CC12CCNCC2. The van der Waals surface area contributed by atoms with E-state index in [1.807, 2.05) is 11.9 Å². The van der Waals surface area contributed by atoms with Crippen molar-refractivity contribution in [3.05, 3.63) is 48.0 Å². The van der Waals surface area contributed by atoms with Crippen LogP contribution in [0, 0.1) is 11.3 Å². The van der Waals surface area contributed by atoms with Gasteiger partial charge in [-0.2, -0.15) is 0 Å². The van der Waals surface area contributed by atoms with Gasteiger partial charge in [0.2, 0.25) is 5.91 Å². The fourth-order valence-corrected chi connectivity index (χ4v) is 4.20. The fourth-order valence-electron chi connectivity index (χ4n) is 4.20. The number of carbonyl (C=O) groups is 1. The summed E-state index contributed by atoms with van der Waals surface area (Å²) >= 11 is 0. The zero-order valence-electron chi connectivity index (χ0n) is 13.7. The van der Waals surface area contributed by atoms with E-state index in [4.69, 9.17) is 0 Å². The van der Waals surface area contributed by atoms with Crippen LogP contribution in [0.5, 0.6) is 0 Å². The lowest BCUT2D eigenvalue weighted by Gasteiger charge is -2.25. The third kappa shape index (κ3) is 2.63. The van der Waals surface area contributed by atoms with E-state index in [1.165, 1.54) is 16.3 Å². The maximum atomic E-state index is 12.8. The molecule has 4 rings (SSSR count). The zero-order valence-corrected chi connectivity index (χ0v) is 13.7. The standard InChI is InChI=1S/C20H24N2O/c1-22(19(23)18-13-20(18)9-11-21-12-10-20)14-16-7-4-6-15-5-2-3-8-17(15)16/h2-8,18,21H,9-14H2,1H3. The third-order valence-electron chi connectivity index (χ3n) is 5.75. The Morgan fingerprint density at radius 2 is 1.91 bits per heavy atom. The van der Waals surface area contributed by atoms with Crippen molar-refractivity contribution >= 4 is 16.7 Å². The molecule has 0 aromatic heterocycles. The summed E-state index contributed by atoms with van der Waals surface area (Å²) in [4.78, 5) is 14.8. The van der Waals surface area contributed by atoms with Gasteiger partial charge in [-0.3, -0.25) is 4.79 Å². The summed E-state index contributed by atoms with van der Waals surface area (Å²) in [6.45, 7) is 2.83. The van der Waals surface area contributed by atoms with E-state index in [1.54, 1.807) is 0 Å². The molecule has 0 radical (unpaired) electrons. The van der Waals surface area contributed by atoms with Crippen molar-refractivity contribution in [2.75, 3.05) is 20.1 Å². The second-order valence-electron chi connectivity index (χ2n) is 7.20. The highest BCUT2D eigenvalue weighted by Crippen LogP contribution is 2.59. The number of nitrogens with zero attached hydrogens (tertiary/aromatic N) is 1. The van der Waals surface area contributed by atoms with Crippen LogP contribution in [0.25, 0.3) is 10.8 Å². The van der Waals surface area contributed by atoms with Gasteiger partial charge in [0.05, 0.1) is 0 Å². The van der Waals surface area contributed by atoms with E-state index >= 15 is 0 Å². The highest BCUT2D eigenvalue weighted by atomic mass is 16.2.